The van der Waals surface area contributed by atoms with E-state index in [1.165, 1.54) is 11.3 Å². The van der Waals surface area contributed by atoms with Crippen LogP contribution in [0.2, 0.25) is 0 Å². The van der Waals surface area contributed by atoms with Crippen molar-refractivity contribution in [2.45, 2.75) is 66.0 Å². The Balaban J connectivity index is 2.69. The van der Waals surface area contributed by atoms with E-state index in [4.69, 9.17) is 0 Å². The average Bonchev–Trinajstić information content (AvgIpc) is 2.91. The molecule has 7 heteroatoms. The van der Waals surface area contributed by atoms with Gasteiger partial charge in [-0.25, -0.2) is 4.98 Å². The van der Waals surface area contributed by atoms with Crippen molar-refractivity contribution in [1.82, 2.24) is 10.3 Å². The SMILES string of the molecule is CCC(NC(=O)C(O)C(C)(C)C)C(=O)Nc1ncc(C(C)C)s1. The van der Waals surface area contributed by atoms with Gasteiger partial charge < -0.3 is 15.7 Å². The number of carbonyl (C=O) groups is 2. The highest BCUT2D eigenvalue weighted by molar-refractivity contribution is 7.15. The fourth-order valence-corrected chi connectivity index (χ4v) is 2.62. The van der Waals surface area contributed by atoms with Crippen molar-refractivity contribution in [2.75, 3.05) is 5.32 Å². The van der Waals surface area contributed by atoms with Gasteiger partial charge in [-0.15, -0.1) is 11.3 Å². The van der Waals surface area contributed by atoms with E-state index in [2.05, 4.69) is 29.5 Å². The van der Waals surface area contributed by atoms with E-state index in [1.54, 1.807) is 33.9 Å². The molecular weight excluding hydrogens is 314 g/mol. The first-order valence-electron chi connectivity index (χ1n) is 7.81. The summed E-state index contributed by atoms with van der Waals surface area (Å²) in [6.07, 6.45) is 1.00. The monoisotopic (exact) mass is 341 g/mol. The second-order valence-electron chi connectivity index (χ2n) is 6.95. The molecule has 0 radical (unpaired) electrons. The molecular formula is C16H27N3O3S. The molecule has 23 heavy (non-hydrogen) atoms. The number of anilines is 1. The van der Waals surface area contributed by atoms with E-state index in [-0.39, 0.29) is 5.91 Å². The van der Waals surface area contributed by atoms with Gasteiger partial charge in [-0.2, -0.15) is 0 Å². The predicted octanol–water partition coefficient (Wildman–Crippen LogP) is 2.51. The molecule has 0 saturated heterocycles. The van der Waals surface area contributed by atoms with Crippen LogP contribution in [0.5, 0.6) is 0 Å². The summed E-state index contributed by atoms with van der Waals surface area (Å²) in [6, 6.07) is -0.703. The van der Waals surface area contributed by atoms with Crippen molar-refractivity contribution in [3.63, 3.8) is 0 Å². The number of nitrogens with zero attached hydrogens (tertiary/aromatic N) is 1. The van der Waals surface area contributed by atoms with Crippen LogP contribution in [0.25, 0.3) is 0 Å². The van der Waals surface area contributed by atoms with Crippen molar-refractivity contribution in [1.29, 1.82) is 0 Å². The molecule has 6 nitrogen and oxygen atoms in total. The fraction of sp³-hybridized carbons (Fsp3) is 0.688. The van der Waals surface area contributed by atoms with Crippen molar-refractivity contribution in [3.8, 4) is 0 Å². The topological polar surface area (TPSA) is 91.3 Å². The third-order valence-corrected chi connectivity index (χ3v) is 4.65. The Morgan fingerprint density at radius 3 is 2.35 bits per heavy atom. The van der Waals surface area contributed by atoms with E-state index in [1.807, 2.05) is 0 Å². The van der Waals surface area contributed by atoms with Crippen LogP contribution in [0.4, 0.5) is 5.13 Å². The Morgan fingerprint density at radius 1 is 1.30 bits per heavy atom. The van der Waals surface area contributed by atoms with Crippen molar-refractivity contribution >= 4 is 28.3 Å². The highest BCUT2D eigenvalue weighted by Crippen LogP contribution is 2.25. The number of hydrogen-bond acceptors (Lipinski definition) is 5. The number of thiazole rings is 1. The van der Waals surface area contributed by atoms with Gasteiger partial charge in [-0.3, -0.25) is 9.59 Å². The van der Waals surface area contributed by atoms with Crippen molar-refractivity contribution in [3.05, 3.63) is 11.1 Å². The van der Waals surface area contributed by atoms with Crippen LogP contribution >= 0.6 is 11.3 Å². The lowest BCUT2D eigenvalue weighted by molar-refractivity contribution is -0.137. The minimum atomic E-state index is -1.17. The molecule has 0 spiro atoms. The lowest BCUT2D eigenvalue weighted by Crippen LogP contribution is -2.50. The summed E-state index contributed by atoms with van der Waals surface area (Å²) >= 11 is 1.42. The molecule has 0 aliphatic carbocycles. The molecule has 1 aromatic heterocycles. The molecule has 0 saturated carbocycles. The van der Waals surface area contributed by atoms with Crippen molar-refractivity contribution < 1.29 is 14.7 Å². The second kappa shape index (κ2) is 7.88. The molecule has 0 aliphatic heterocycles. The first kappa shape index (κ1) is 19.6. The van der Waals surface area contributed by atoms with Gasteiger partial charge in [0.25, 0.3) is 0 Å². The zero-order valence-corrected chi connectivity index (χ0v) is 15.5. The quantitative estimate of drug-likeness (QED) is 0.741. The highest BCUT2D eigenvalue weighted by Gasteiger charge is 2.31. The molecule has 130 valence electrons. The third kappa shape index (κ3) is 5.58. The van der Waals surface area contributed by atoms with Crippen LogP contribution in [0.15, 0.2) is 6.20 Å². The van der Waals surface area contributed by atoms with E-state index >= 15 is 0 Å². The molecule has 0 bridgehead atoms. The first-order chi connectivity index (χ1) is 10.6. The molecule has 2 atom stereocenters. The number of aliphatic hydroxyl groups excluding tert-OH is 1. The predicted molar refractivity (Wildman–Crippen MR) is 92.5 cm³/mol. The molecule has 2 amide bonds. The average molecular weight is 341 g/mol. The van der Waals surface area contributed by atoms with Gasteiger partial charge >= 0.3 is 0 Å². The third-order valence-electron chi connectivity index (χ3n) is 3.43. The zero-order valence-electron chi connectivity index (χ0n) is 14.6. The molecule has 3 N–H and O–H groups in total. The number of aromatic nitrogens is 1. The standard InChI is InChI=1S/C16H27N3O3S/c1-7-10(18-14(22)12(20)16(4,5)6)13(21)19-15-17-8-11(23-15)9(2)3/h8-10,12,20H,7H2,1-6H3,(H,18,22)(H,17,19,21). The van der Waals surface area contributed by atoms with Crippen molar-refractivity contribution in [2.24, 2.45) is 5.41 Å². The Kier molecular flexibility index (Phi) is 6.70. The smallest absolute Gasteiger partial charge is 0.250 e. The maximum atomic E-state index is 12.3. The van der Waals surface area contributed by atoms with Gasteiger partial charge in [0.05, 0.1) is 0 Å². The normalized spacial score (nSPS) is 14.4. The lowest BCUT2D eigenvalue weighted by Gasteiger charge is -2.26. The second-order valence-corrected chi connectivity index (χ2v) is 8.01. The summed E-state index contributed by atoms with van der Waals surface area (Å²) < 4.78 is 0. The van der Waals surface area contributed by atoms with Gasteiger partial charge in [-0.05, 0) is 17.8 Å². The minimum absolute atomic E-state index is 0.327. The maximum Gasteiger partial charge on any atom is 0.250 e. The lowest BCUT2D eigenvalue weighted by atomic mass is 9.88. The Labute approximate surface area is 141 Å². The number of carbonyl (C=O) groups excluding carboxylic acids is 2. The Morgan fingerprint density at radius 2 is 1.91 bits per heavy atom. The fourth-order valence-electron chi connectivity index (χ4n) is 1.80. The first-order valence-corrected chi connectivity index (χ1v) is 8.63. The summed E-state index contributed by atoms with van der Waals surface area (Å²) in [5, 5.41) is 15.8. The summed E-state index contributed by atoms with van der Waals surface area (Å²) in [5.41, 5.74) is -0.583. The highest BCUT2D eigenvalue weighted by atomic mass is 32.1. The van der Waals surface area contributed by atoms with E-state index in [0.717, 1.165) is 4.88 Å². The summed E-state index contributed by atoms with van der Waals surface area (Å²) in [4.78, 5) is 29.6. The number of nitrogens with one attached hydrogen (secondary N) is 2. The van der Waals surface area contributed by atoms with E-state index < -0.39 is 23.5 Å². The summed E-state index contributed by atoms with van der Waals surface area (Å²) in [6.45, 7) is 11.2. The Bertz CT molecular complexity index is 549. The Hall–Kier alpha value is -1.47. The van der Waals surface area contributed by atoms with Gasteiger partial charge in [0.1, 0.15) is 12.1 Å². The molecule has 0 fully saturated rings. The number of rotatable bonds is 6. The number of hydrogen-bond donors (Lipinski definition) is 3. The number of amides is 2. The molecule has 0 aromatic carbocycles. The molecule has 2 unspecified atom stereocenters. The van der Waals surface area contributed by atoms with Crippen LogP contribution in [0.1, 0.15) is 58.8 Å². The van der Waals surface area contributed by atoms with Crippen LogP contribution in [-0.2, 0) is 9.59 Å². The van der Waals surface area contributed by atoms with Gasteiger partial charge in [0.2, 0.25) is 11.8 Å². The molecule has 1 heterocycles. The van der Waals surface area contributed by atoms with E-state index in [9.17, 15) is 14.7 Å². The molecule has 0 aliphatic rings. The van der Waals surface area contributed by atoms with Crippen LogP contribution in [0, 0.1) is 5.41 Å². The van der Waals surface area contributed by atoms with Gasteiger partial charge in [-0.1, -0.05) is 41.5 Å². The minimum Gasteiger partial charge on any atom is -0.383 e. The van der Waals surface area contributed by atoms with E-state index in [0.29, 0.717) is 17.5 Å². The maximum absolute atomic E-state index is 12.3. The van der Waals surface area contributed by atoms with Gasteiger partial charge in [0.15, 0.2) is 5.13 Å². The number of aliphatic hydroxyl groups is 1. The largest absolute Gasteiger partial charge is 0.383 e. The van der Waals surface area contributed by atoms with Crippen LogP contribution in [0.3, 0.4) is 0 Å². The van der Waals surface area contributed by atoms with Crippen LogP contribution in [-0.4, -0.2) is 34.1 Å². The molecule has 1 rings (SSSR count). The molecule has 1 aromatic rings. The zero-order chi connectivity index (χ0) is 17.8. The summed E-state index contributed by atoms with van der Waals surface area (Å²) in [5.74, 6) is -0.519. The van der Waals surface area contributed by atoms with Gasteiger partial charge in [0, 0.05) is 11.1 Å². The summed E-state index contributed by atoms with van der Waals surface area (Å²) in [7, 11) is 0. The van der Waals surface area contributed by atoms with Crippen LogP contribution < -0.4 is 10.6 Å².